The number of piperidine rings is 1. The molecule has 3 aromatic rings. The van der Waals surface area contributed by atoms with E-state index in [1.54, 1.807) is 0 Å². The number of hydrogen-bond acceptors (Lipinski definition) is 3. The number of nitrogens with zero attached hydrogens (tertiary/aromatic N) is 4. The minimum atomic E-state index is 0.00399. The Morgan fingerprint density at radius 3 is 2.24 bits per heavy atom. The van der Waals surface area contributed by atoms with Crippen molar-refractivity contribution in [2.45, 2.75) is 52.6 Å². The van der Waals surface area contributed by atoms with Crippen molar-refractivity contribution in [3.8, 4) is 5.69 Å². The van der Waals surface area contributed by atoms with E-state index < -0.39 is 0 Å². The minimum Gasteiger partial charge on any atom is -0.338 e. The van der Waals surface area contributed by atoms with Crippen LogP contribution < -0.4 is 0 Å². The van der Waals surface area contributed by atoms with Crippen molar-refractivity contribution in [2.24, 2.45) is 5.92 Å². The standard InChI is InChI=1S/C28H32N4O2/c1-18(2)25-24-20(4)29-32(23-8-6-5-7-9-23)26(24)28(34)31(25)22-14-16-30(17-15-22)27(33)21-12-10-19(3)11-13-21/h5-13,18,22,25H,14-17H2,1-4H3. The highest BCUT2D eigenvalue weighted by Crippen LogP contribution is 2.44. The number of aryl methyl sites for hydroxylation is 2. The van der Waals surface area contributed by atoms with Crippen molar-refractivity contribution in [1.82, 2.24) is 19.6 Å². The monoisotopic (exact) mass is 456 g/mol. The summed E-state index contributed by atoms with van der Waals surface area (Å²) in [7, 11) is 0. The summed E-state index contributed by atoms with van der Waals surface area (Å²) in [6, 6.07) is 17.8. The topological polar surface area (TPSA) is 58.4 Å². The first-order chi connectivity index (χ1) is 16.4. The van der Waals surface area contributed by atoms with Gasteiger partial charge in [0.25, 0.3) is 11.8 Å². The van der Waals surface area contributed by atoms with Crippen LogP contribution in [0.2, 0.25) is 0 Å². The van der Waals surface area contributed by atoms with E-state index in [1.165, 1.54) is 0 Å². The zero-order valence-electron chi connectivity index (χ0n) is 20.4. The summed E-state index contributed by atoms with van der Waals surface area (Å²) in [4.78, 5) is 30.9. The molecule has 0 aliphatic carbocycles. The van der Waals surface area contributed by atoms with Crippen molar-refractivity contribution in [1.29, 1.82) is 0 Å². The highest BCUT2D eigenvalue weighted by molar-refractivity contribution is 5.99. The van der Waals surface area contributed by atoms with Gasteiger partial charge in [-0.1, -0.05) is 49.7 Å². The van der Waals surface area contributed by atoms with E-state index in [0.717, 1.165) is 40.9 Å². The molecule has 1 fully saturated rings. The van der Waals surface area contributed by atoms with E-state index in [9.17, 15) is 9.59 Å². The lowest BCUT2D eigenvalue weighted by Crippen LogP contribution is -2.49. The molecule has 5 rings (SSSR count). The van der Waals surface area contributed by atoms with Gasteiger partial charge in [0.15, 0.2) is 0 Å². The zero-order valence-corrected chi connectivity index (χ0v) is 20.4. The maximum atomic E-state index is 13.9. The summed E-state index contributed by atoms with van der Waals surface area (Å²) >= 11 is 0. The van der Waals surface area contributed by atoms with Crippen LogP contribution in [0.5, 0.6) is 0 Å². The van der Waals surface area contributed by atoms with E-state index in [-0.39, 0.29) is 29.8 Å². The molecule has 3 heterocycles. The lowest BCUT2D eigenvalue weighted by atomic mass is 9.93. The summed E-state index contributed by atoms with van der Waals surface area (Å²) in [5, 5.41) is 4.76. The van der Waals surface area contributed by atoms with Gasteiger partial charge in [-0.2, -0.15) is 5.10 Å². The molecule has 6 nitrogen and oxygen atoms in total. The van der Waals surface area contributed by atoms with Gasteiger partial charge in [-0.3, -0.25) is 9.59 Å². The van der Waals surface area contributed by atoms with Crippen LogP contribution >= 0.6 is 0 Å². The molecule has 0 saturated carbocycles. The fourth-order valence-corrected chi connectivity index (χ4v) is 5.52. The predicted octanol–water partition coefficient (Wildman–Crippen LogP) is 4.95. The molecule has 176 valence electrons. The number of amides is 2. The number of para-hydroxylation sites is 1. The molecule has 1 saturated heterocycles. The van der Waals surface area contributed by atoms with E-state index in [0.29, 0.717) is 18.8 Å². The molecule has 1 aromatic heterocycles. The third-order valence-electron chi connectivity index (χ3n) is 7.22. The number of likely N-dealkylation sites (tertiary alicyclic amines) is 1. The summed E-state index contributed by atoms with van der Waals surface area (Å²) in [5.74, 6) is 0.400. The molecule has 0 N–H and O–H groups in total. The molecule has 0 spiro atoms. The fraction of sp³-hybridized carbons (Fsp3) is 0.393. The Kier molecular flexibility index (Phi) is 5.76. The Labute approximate surface area is 201 Å². The Morgan fingerprint density at radius 1 is 0.971 bits per heavy atom. The normalized spacial score (nSPS) is 18.6. The van der Waals surface area contributed by atoms with Gasteiger partial charge in [-0.05, 0) is 56.9 Å². The number of rotatable bonds is 4. The van der Waals surface area contributed by atoms with Crippen LogP contribution in [0.4, 0.5) is 0 Å². The van der Waals surface area contributed by atoms with Crippen LogP contribution in [0.25, 0.3) is 5.69 Å². The number of benzene rings is 2. The van der Waals surface area contributed by atoms with Crippen LogP contribution in [0, 0.1) is 19.8 Å². The van der Waals surface area contributed by atoms with Gasteiger partial charge in [0, 0.05) is 30.3 Å². The van der Waals surface area contributed by atoms with Crippen LogP contribution in [0.1, 0.15) is 70.4 Å². The fourth-order valence-electron chi connectivity index (χ4n) is 5.52. The van der Waals surface area contributed by atoms with E-state index in [2.05, 4.69) is 18.7 Å². The van der Waals surface area contributed by atoms with Crippen molar-refractivity contribution in [3.05, 3.63) is 82.7 Å². The van der Waals surface area contributed by atoms with Crippen molar-refractivity contribution in [3.63, 3.8) is 0 Å². The number of hydrogen-bond donors (Lipinski definition) is 0. The first-order valence-corrected chi connectivity index (χ1v) is 12.2. The van der Waals surface area contributed by atoms with Crippen LogP contribution in [0.3, 0.4) is 0 Å². The maximum absolute atomic E-state index is 13.9. The quantitative estimate of drug-likeness (QED) is 0.558. The van der Waals surface area contributed by atoms with E-state index in [1.807, 2.05) is 78.0 Å². The third kappa shape index (κ3) is 3.71. The average Bonchev–Trinajstić information content (AvgIpc) is 3.35. The molecule has 6 heteroatoms. The van der Waals surface area contributed by atoms with Crippen molar-refractivity contribution in [2.75, 3.05) is 13.1 Å². The molecule has 0 radical (unpaired) electrons. The highest BCUT2D eigenvalue weighted by Gasteiger charge is 2.47. The van der Waals surface area contributed by atoms with Gasteiger partial charge in [-0.15, -0.1) is 0 Å². The van der Waals surface area contributed by atoms with Crippen LogP contribution in [0.15, 0.2) is 54.6 Å². The summed E-state index contributed by atoms with van der Waals surface area (Å²) < 4.78 is 1.82. The van der Waals surface area contributed by atoms with Gasteiger partial charge in [0.2, 0.25) is 0 Å². The second-order valence-electron chi connectivity index (χ2n) is 9.89. The Balaban J connectivity index is 1.39. The molecule has 2 aromatic carbocycles. The van der Waals surface area contributed by atoms with Crippen molar-refractivity contribution >= 4 is 11.8 Å². The van der Waals surface area contributed by atoms with Gasteiger partial charge in [0.05, 0.1) is 17.4 Å². The van der Waals surface area contributed by atoms with Gasteiger partial charge >= 0.3 is 0 Å². The summed E-state index contributed by atoms with van der Waals surface area (Å²) in [6.45, 7) is 9.70. The Morgan fingerprint density at radius 2 is 1.62 bits per heavy atom. The lowest BCUT2D eigenvalue weighted by Gasteiger charge is -2.40. The smallest absolute Gasteiger partial charge is 0.273 e. The van der Waals surface area contributed by atoms with Crippen molar-refractivity contribution < 1.29 is 9.59 Å². The molecule has 2 aliphatic heterocycles. The molecular formula is C28H32N4O2. The average molecular weight is 457 g/mol. The minimum absolute atomic E-state index is 0.00399. The van der Waals surface area contributed by atoms with Crippen LogP contribution in [-0.2, 0) is 0 Å². The summed E-state index contributed by atoms with van der Waals surface area (Å²) in [6.07, 6.45) is 1.57. The Bertz CT molecular complexity index is 1210. The molecular weight excluding hydrogens is 424 g/mol. The van der Waals surface area contributed by atoms with E-state index >= 15 is 0 Å². The van der Waals surface area contributed by atoms with Gasteiger partial charge < -0.3 is 9.80 Å². The Hall–Kier alpha value is -3.41. The molecule has 0 bridgehead atoms. The molecule has 2 aliphatic rings. The second-order valence-corrected chi connectivity index (χ2v) is 9.89. The highest BCUT2D eigenvalue weighted by atomic mass is 16.2. The first-order valence-electron chi connectivity index (χ1n) is 12.2. The second kappa shape index (κ2) is 8.75. The number of carbonyl (C=O) groups excluding carboxylic acids is 2. The number of fused-ring (bicyclic) bond motifs is 1. The molecule has 1 unspecified atom stereocenters. The SMILES string of the molecule is Cc1ccc(C(=O)N2CCC(N3C(=O)c4c(c(C)nn4-c4ccccc4)C3C(C)C)CC2)cc1. The predicted molar refractivity (Wildman–Crippen MR) is 132 cm³/mol. The number of carbonyl (C=O) groups is 2. The maximum Gasteiger partial charge on any atom is 0.273 e. The first kappa shape index (κ1) is 22.4. The zero-order chi connectivity index (χ0) is 24.0. The lowest BCUT2D eigenvalue weighted by molar-refractivity contribution is 0.0393. The van der Waals surface area contributed by atoms with Gasteiger partial charge in [-0.25, -0.2) is 4.68 Å². The number of aromatic nitrogens is 2. The van der Waals surface area contributed by atoms with Crippen LogP contribution in [-0.4, -0.2) is 50.5 Å². The van der Waals surface area contributed by atoms with E-state index in [4.69, 9.17) is 5.10 Å². The third-order valence-corrected chi connectivity index (χ3v) is 7.22. The molecule has 2 amide bonds. The largest absolute Gasteiger partial charge is 0.338 e. The molecule has 1 atom stereocenters. The van der Waals surface area contributed by atoms with Gasteiger partial charge in [0.1, 0.15) is 5.69 Å². The molecule has 34 heavy (non-hydrogen) atoms. The summed E-state index contributed by atoms with van der Waals surface area (Å²) in [5.41, 5.74) is 5.45.